The van der Waals surface area contributed by atoms with E-state index in [1.165, 1.54) is 11.3 Å². The first-order valence-corrected chi connectivity index (χ1v) is 12.0. The smallest absolute Gasteiger partial charge is 0.267 e. The zero-order valence-corrected chi connectivity index (χ0v) is 19.8. The van der Waals surface area contributed by atoms with Gasteiger partial charge in [0.15, 0.2) is 6.10 Å². The van der Waals surface area contributed by atoms with Crippen molar-refractivity contribution in [3.63, 3.8) is 0 Å². The summed E-state index contributed by atoms with van der Waals surface area (Å²) in [6, 6.07) is 9.86. The van der Waals surface area contributed by atoms with E-state index >= 15 is 0 Å². The number of carbonyl (C=O) groups is 3. The molecule has 1 saturated heterocycles. The van der Waals surface area contributed by atoms with Crippen molar-refractivity contribution in [1.29, 1.82) is 0 Å². The summed E-state index contributed by atoms with van der Waals surface area (Å²) in [6.07, 6.45) is 2.74. The van der Waals surface area contributed by atoms with Gasteiger partial charge in [0.2, 0.25) is 11.8 Å². The Bertz CT molecular complexity index is 1060. The summed E-state index contributed by atoms with van der Waals surface area (Å²) in [5, 5.41) is 17.9. The number of terminal acetylenes is 1. The molecule has 1 aliphatic rings. The van der Waals surface area contributed by atoms with Crippen molar-refractivity contribution >= 4 is 29.1 Å². The summed E-state index contributed by atoms with van der Waals surface area (Å²) < 4.78 is 28.6. The molecule has 0 saturated carbocycles. The Kier molecular flexibility index (Phi) is 8.95. The summed E-state index contributed by atoms with van der Waals surface area (Å²) in [5.41, 5.74) is 0.721. The Balaban J connectivity index is 1.75. The minimum atomic E-state index is -3.29. The maximum Gasteiger partial charge on any atom is 0.267 e. The van der Waals surface area contributed by atoms with Crippen molar-refractivity contribution in [2.75, 3.05) is 6.54 Å². The summed E-state index contributed by atoms with van der Waals surface area (Å²) in [5.74, 6) is -3.20. The standard InChI is InChI=1S/C25H27F2N3O4S/c1-2-3-11-21(31)29-19(13-17-8-5-4-6-9-17)22(32)24(34)30-16-25(26,27)14-20(30)23(33)28-15-18-10-7-12-35-18/h1,4-10,12,19-20,22,32H,3,11,13-16H2,(H,28,33)(H,29,31). The van der Waals surface area contributed by atoms with E-state index in [0.717, 1.165) is 10.4 Å². The predicted octanol–water partition coefficient (Wildman–Crippen LogP) is 2.10. The molecule has 3 rings (SSSR count). The highest BCUT2D eigenvalue weighted by Gasteiger charge is 2.51. The van der Waals surface area contributed by atoms with Crippen LogP contribution in [0.3, 0.4) is 0 Å². The van der Waals surface area contributed by atoms with Crippen LogP contribution in [-0.2, 0) is 27.3 Å². The molecule has 1 aromatic carbocycles. The molecule has 2 aromatic rings. The van der Waals surface area contributed by atoms with Crippen LogP contribution in [0.25, 0.3) is 0 Å². The molecule has 7 nitrogen and oxygen atoms in total. The number of aliphatic hydroxyl groups is 1. The lowest BCUT2D eigenvalue weighted by Crippen LogP contribution is -2.55. The van der Waals surface area contributed by atoms with Crippen molar-refractivity contribution in [1.82, 2.24) is 15.5 Å². The van der Waals surface area contributed by atoms with Crippen LogP contribution in [0.2, 0.25) is 0 Å². The Morgan fingerprint density at radius 1 is 1.23 bits per heavy atom. The second-order valence-electron chi connectivity index (χ2n) is 8.35. The van der Waals surface area contributed by atoms with Gasteiger partial charge in [-0.05, 0) is 23.4 Å². The molecule has 10 heteroatoms. The van der Waals surface area contributed by atoms with Gasteiger partial charge in [0.25, 0.3) is 11.8 Å². The van der Waals surface area contributed by atoms with Gasteiger partial charge in [0.1, 0.15) is 6.04 Å². The van der Waals surface area contributed by atoms with Crippen LogP contribution in [0, 0.1) is 12.3 Å². The molecular formula is C25H27F2N3O4S. The third-order valence-corrected chi connectivity index (χ3v) is 6.52. The van der Waals surface area contributed by atoms with Crippen LogP contribution < -0.4 is 10.6 Å². The molecule has 2 heterocycles. The number of hydrogen-bond donors (Lipinski definition) is 3. The lowest BCUT2D eigenvalue weighted by atomic mass is 9.99. The number of benzene rings is 1. The predicted molar refractivity (Wildman–Crippen MR) is 127 cm³/mol. The Morgan fingerprint density at radius 2 is 1.97 bits per heavy atom. The fourth-order valence-electron chi connectivity index (χ4n) is 3.90. The minimum Gasteiger partial charge on any atom is -0.381 e. The fourth-order valence-corrected chi connectivity index (χ4v) is 4.55. The average Bonchev–Trinajstić information content (AvgIpc) is 3.47. The van der Waals surface area contributed by atoms with Gasteiger partial charge in [-0.15, -0.1) is 23.7 Å². The molecule has 3 amide bonds. The van der Waals surface area contributed by atoms with Crippen molar-refractivity contribution in [2.45, 2.75) is 56.3 Å². The molecule has 0 bridgehead atoms. The van der Waals surface area contributed by atoms with E-state index in [-0.39, 0.29) is 25.8 Å². The highest BCUT2D eigenvalue weighted by Crippen LogP contribution is 2.33. The van der Waals surface area contributed by atoms with Gasteiger partial charge < -0.3 is 20.6 Å². The number of amides is 3. The normalized spacial score (nSPS) is 18.3. The van der Waals surface area contributed by atoms with Crippen molar-refractivity contribution < 1.29 is 28.3 Å². The monoisotopic (exact) mass is 503 g/mol. The number of likely N-dealkylation sites (tertiary alicyclic amines) is 1. The van der Waals surface area contributed by atoms with E-state index < -0.39 is 54.8 Å². The van der Waals surface area contributed by atoms with Gasteiger partial charge in [0, 0.05) is 24.1 Å². The maximum atomic E-state index is 14.3. The van der Waals surface area contributed by atoms with E-state index in [9.17, 15) is 28.3 Å². The van der Waals surface area contributed by atoms with Gasteiger partial charge >= 0.3 is 0 Å². The third-order valence-electron chi connectivity index (χ3n) is 5.65. The average molecular weight is 504 g/mol. The van der Waals surface area contributed by atoms with Crippen LogP contribution >= 0.6 is 11.3 Å². The minimum absolute atomic E-state index is 0.0156. The van der Waals surface area contributed by atoms with E-state index in [0.29, 0.717) is 4.90 Å². The number of alkyl halides is 2. The lowest BCUT2D eigenvalue weighted by molar-refractivity contribution is -0.147. The molecule has 1 aliphatic heterocycles. The zero-order chi connectivity index (χ0) is 25.4. The SMILES string of the molecule is C#CCCC(=O)NC(Cc1ccccc1)C(O)C(=O)N1CC(F)(F)CC1C(=O)NCc1cccs1. The summed E-state index contributed by atoms with van der Waals surface area (Å²) >= 11 is 1.40. The zero-order valence-electron chi connectivity index (χ0n) is 19.0. The van der Waals surface area contributed by atoms with Crippen LogP contribution in [0.4, 0.5) is 8.78 Å². The number of aliphatic hydroxyl groups excluding tert-OH is 1. The number of rotatable bonds is 10. The van der Waals surface area contributed by atoms with Gasteiger partial charge in [-0.3, -0.25) is 14.4 Å². The number of nitrogens with one attached hydrogen (secondary N) is 2. The van der Waals surface area contributed by atoms with E-state index in [1.807, 2.05) is 5.38 Å². The van der Waals surface area contributed by atoms with Crippen molar-refractivity contribution in [2.24, 2.45) is 0 Å². The second-order valence-corrected chi connectivity index (χ2v) is 9.38. The second kappa shape index (κ2) is 11.9. The van der Waals surface area contributed by atoms with Crippen molar-refractivity contribution in [3.8, 4) is 12.3 Å². The van der Waals surface area contributed by atoms with Gasteiger partial charge in [-0.25, -0.2) is 8.78 Å². The molecule has 3 unspecified atom stereocenters. The van der Waals surface area contributed by atoms with Crippen molar-refractivity contribution in [3.05, 3.63) is 58.3 Å². The molecule has 3 atom stereocenters. The van der Waals surface area contributed by atoms with Gasteiger partial charge in [-0.2, -0.15) is 0 Å². The molecule has 0 spiro atoms. The number of halogens is 2. The van der Waals surface area contributed by atoms with Crippen LogP contribution in [0.15, 0.2) is 47.8 Å². The molecule has 1 fully saturated rings. The molecule has 0 aliphatic carbocycles. The van der Waals surface area contributed by atoms with E-state index in [4.69, 9.17) is 6.42 Å². The molecule has 186 valence electrons. The molecular weight excluding hydrogens is 476 g/mol. The molecule has 1 aromatic heterocycles. The van der Waals surface area contributed by atoms with Crippen LogP contribution in [0.1, 0.15) is 29.7 Å². The number of carbonyl (C=O) groups excluding carboxylic acids is 3. The maximum absolute atomic E-state index is 14.3. The van der Waals surface area contributed by atoms with Gasteiger partial charge in [0.05, 0.1) is 19.1 Å². The van der Waals surface area contributed by atoms with Crippen LogP contribution in [-0.4, -0.2) is 58.4 Å². The number of nitrogens with zero attached hydrogens (tertiary/aromatic N) is 1. The Morgan fingerprint density at radius 3 is 2.63 bits per heavy atom. The van der Waals surface area contributed by atoms with E-state index in [2.05, 4.69) is 16.6 Å². The number of thiophene rings is 1. The third kappa shape index (κ3) is 7.34. The highest BCUT2D eigenvalue weighted by molar-refractivity contribution is 7.09. The summed E-state index contributed by atoms with van der Waals surface area (Å²) in [4.78, 5) is 39.7. The first-order valence-electron chi connectivity index (χ1n) is 11.1. The fraction of sp³-hybridized carbons (Fsp3) is 0.400. The first-order chi connectivity index (χ1) is 16.7. The molecule has 0 radical (unpaired) electrons. The first kappa shape index (κ1) is 26.3. The highest BCUT2D eigenvalue weighted by atomic mass is 32.1. The lowest BCUT2D eigenvalue weighted by Gasteiger charge is -2.30. The topological polar surface area (TPSA) is 98.7 Å². The van der Waals surface area contributed by atoms with E-state index in [1.54, 1.807) is 42.5 Å². The molecule has 3 N–H and O–H groups in total. The largest absolute Gasteiger partial charge is 0.381 e. The van der Waals surface area contributed by atoms with Gasteiger partial charge in [-0.1, -0.05) is 36.4 Å². The summed E-state index contributed by atoms with van der Waals surface area (Å²) in [6.45, 7) is -0.853. The Hall–Kier alpha value is -3.29. The van der Waals surface area contributed by atoms with Crippen LogP contribution in [0.5, 0.6) is 0 Å². The quantitative estimate of drug-likeness (QED) is 0.433. The summed E-state index contributed by atoms with van der Waals surface area (Å²) in [7, 11) is 0. The Labute approximate surface area is 206 Å². The number of hydrogen-bond acceptors (Lipinski definition) is 5. The molecule has 35 heavy (non-hydrogen) atoms.